The minimum absolute atomic E-state index is 0.298. The van der Waals surface area contributed by atoms with E-state index < -0.39 is 0 Å². The molecule has 2 rings (SSSR count). The van der Waals surface area contributed by atoms with E-state index in [0.717, 1.165) is 31.8 Å². The van der Waals surface area contributed by atoms with Gasteiger partial charge in [0.25, 0.3) is 0 Å². The van der Waals surface area contributed by atoms with Crippen molar-refractivity contribution in [3.05, 3.63) is 11.2 Å². The van der Waals surface area contributed by atoms with E-state index in [2.05, 4.69) is 15.3 Å². The van der Waals surface area contributed by atoms with Gasteiger partial charge in [-0.1, -0.05) is 23.4 Å². The summed E-state index contributed by atoms with van der Waals surface area (Å²) in [6.45, 7) is 1.65. The molecule has 1 atom stereocenters. The minimum atomic E-state index is 0.298. The molecule has 0 unspecified atom stereocenters. The number of nitrogens with one attached hydrogen (secondary N) is 1. The first-order valence-corrected chi connectivity index (χ1v) is 6.82. The van der Waals surface area contributed by atoms with Crippen LogP contribution in [0.25, 0.3) is 0 Å². The SMILES string of the molecule is CSc1nc(Cl)cc(NC[C@H]2CCCO2)n1. The van der Waals surface area contributed by atoms with Crippen LogP contribution in [0.15, 0.2) is 11.2 Å². The second-order valence-electron chi connectivity index (χ2n) is 3.58. The number of rotatable bonds is 4. The lowest BCUT2D eigenvalue weighted by Gasteiger charge is -2.11. The Labute approximate surface area is 104 Å². The van der Waals surface area contributed by atoms with Crippen LogP contribution < -0.4 is 5.32 Å². The van der Waals surface area contributed by atoms with Gasteiger partial charge < -0.3 is 10.1 Å². The van der Waals surface area contributed by atoms with Gasteiger partial charge in [-0.25, -0.2) is 9.97 Å². The van der Waals surface area contributed by atoms with Gasteiger partial charge in [0.05, 0.1) is 6.10 Å². The molecule has 0 aliphatic carbocycles. The number of thioether (sulfide) groups is 1. The molecule has 0 aromatic carbocycles. The molecule has 1 aromatic rings. The first kappa shape index (κ1) is 12.0. The fraction of sp³-hybridized carbons (Fsp3) is 0.600. The molecule has 0 radical (unpaired) electrons. The summed E-state index contributed by atoms with van der Waals surface area (Å²) in [7, 11) is 0. The van der Waals surface area contributed by atoms with Crippen molar-refractivity contribution in [1.82, 2.24) is 9.97 Å². The van der Waals surface area contributed by atoms with Gasteiger partial charge >= 0.3 is 0 Å². The number of halogens is 1. The van der Waals surface area contributed by atoms with E-state index >= 15 is 0 Å². The fourth-order valence-electron chi connectivity index (χ4n) is 1.60. The zero-order valence-electron chi connectivity index (χ0n) is 9.07. The maximum absolute atomic E-state index is 5.89. The third-order valence-electron chi connectivity index (χ3n) is 2.39. The summed E-state index contributed by atoms with van der Waals surface area (Å²) in [5.74, 6) is 0.764. The van der Waals surface area contributed by atoms with Gasteiger partial charge in [0, 0.05) is 19.2 Å². The summed E-state index contributed by atoms with van der Waals surface area (Å²) in [6.07, 6.45) is 4.48. The zero-order valence-corrected chi connectivity index (χ0v) is 10.6. The minimum Gasteiger partial charge on any atom is -0.376 e. The van der Waals surface area contributed by atoms with Crippen molar-refractivity contribution in [3.8, 4) is 0 Å². The molecule has 0 saturated carbocycles. The third kappa shape index (κ3) is 3.23. The molecule has 1 fully saturated rings. The fourth-order valence-corrected chi connectivity index (χ4v) is 2.22. The maximum atomic E-state index is 5.89. The number of hydrogen-bond donors (Lipinski definition) is 1. The van der Waals surface area contributed by atoms with Gasteiger partial charge in [0.15, 0.2) is 5.16 Å². The molecule has 0 bridgehead atoms. The van der Waals surface area contributed by atoms with Gasteiger partial charge in [0.1, 0.15) is 11.0 Å². The molecule has 1 aliphatic heterocycles. The smallest absolute Gasteiger partial charge is 0.190 e. The van der Waals surface area contributed by atoms with Gasteiger partial charge in [-0.3, -0.25) is 0 Å². The summed E-state index contributed by atoms with van der Waals surface area (Å²) < 4.78 is 5.52. The van der Waals surface area contributed by atoms with Crippen LogP contribution >= 0.6 is 23.4 Å². The number of hydrogen-bond acceptors (Lipinski definition) is 5. The molecule has 1 aliphatic rings. The summed E-state index contributed by atoms with van der Waals surface area (Å²) in [4.78, 5) is 8.39. The lowest BCUT2D eigenvalue weighted by atomic mass is 10.2. The molecule has 88 valence electrons. The molecular formula is C10H14ClN3OS. The summed E-state index contributed by atoms with van der Waals surface area (Å²) in [6, 6.07) is 1.73. The van der Waals surface area contributed by atoms with E-state index in [1.807, 2.05) is 6.26 Å². The second-order valence-corrected chi connectivity index (χ2v) is 4.74. The normalized spacial score (nSPS) is 20.0. The molecule has 4 nitrogen and oxygen atoms in total. The number of nitrogens with zero attached hydrogens (tertiary/aromatic N) is 2. The van der Waals surface area contributed by atoms with Gasteiger partial charge in [-0.15, -0.1) is 0 Å². The van der Waals surface area contributed by atoms with Crippen molar-refractivity contribution in [2.45, 2.75) is 24.1 Å². The molecule has 16 heavy (non-hydrogen) atoms. The van der Waals surface area contributed by atoms with Crippen LogP contribution in [0.4, 0.5) is 5.82 Å². The topological polar surface area (TPSA) is 47.0 Å². The summed E-state index contributed by atoms with van der Waals surface area (Å²) in [5.41, 5.74) is 0. The molecule has 6 heteroatoms. The van der Waals surface area contributed by atoms with Gasteiger partial charge in [-0.2, -0.15) is 0 Å². The first-order chi connectivity index (χ1) is 7.78. The van der Waals surface area contributed by atoms with Crippen molar-refractivity contribution in [3.63, 3.8) is 0 Å². The monoisotopic (exact) mass is 259 g/mol. The largest absolute Gasteiger partial charge is 0.376 e. The highest BCUT2D eigenvalue weighted by Crippen LogP contribution is 2.18. The van der Waals surface area contributed by atoms with E-state index in [4.69, 9.17) is 16.3 Å². The summed E-state index contributed by atoms with van der Waals surface area (Å²) in [5, 5.41) is 4.38. The van der Waals surface area contributed by atoms with Gasteiger partial charge in [0.2, 0.25) is 0 Å². The van der Waals surface area contributed by atoms with Crippen LogP contribution in [-0.4, -0.2) is 35.5 Å². The number of aromatic nitrogens is 2. The van der Waals surface area contributed by atoms with Crippen LogP contribution in [0.2, 0.25) is 5.15 Å². The van der Waals surface area contributed by atoms with Crippen molar-refractivity contribution in [2.24, 2.45) is 0 Å². The van der Waals surface area contributed by atoms with E-state index in [0.29, 0.717) is 16.4 Å². The number of anilines is 1. The van der Waals surface area contributed by atoms with Crippen molar-refractivity contribution >= 4 is 29.2 Å². The van der Waals surface area contributed by atoms with E-state index in [9.17, 15) is 0 Å². The lowest BCUT2D eigenvalue weighted by Crippen LogP contribution is -2.19. The van der Waals surface area contributed by atoms with Crippen LogP contribution in [-0.2, 0) is 4.74 Å². The Kier molecular flexibility index (Phi) is 4.26. The Morgan fingerprint density at radius 3 is 3.19 bits per heavy atom. The van der Waals surface area contributed by atoms with Crippen molar-refractivity contribution in [1.29, 1.82) is 0 Å². The average Bonchev–Trinajstić information content (AvgIpc) is 2.78. The molecule has 1 N–H and O–H groups in total. The zero-order chi connectivity index (χ0) is 11.4. The van der Waals surface area contributed by atoms with Crippen molar-refractivity contribution in [2.75, 3.05) is 24.7 Å². The molecule has 2 heterocycles. The van der Waals surface area contributed by atoms with Crippen LogP contribution in [0.5, 0.6) is 0 Å². The Hall–Kier alpha value is -0.520. The highest BCUT2D eigenvalue weighted by Gasteiger charge is 2.15. The standard InChI is InChI=1S/C10H14ClN3OS/c1-16-10-13-8(11)5-9(14-10)12-6-7-3-2-4-15-7/h5,7H,2-4,6H2,1H3,(H,12,13,14)/t7-/m1/s1. The molecule has 0 amide bonds. The Morgan fingerprint density at radius 1 is 1.62 bits per heavy atom. The van der Waals surface area contributed by atoms with E-state index in [1.54, 1.807) is 6.07 Å². The highest BCUT2D eigenvalue weighted by atomic mass is 35.5. The predicted octanol–water partition coefficient (Wildman–Crippen LogP) is 2.44. The Morgan fingerprint density at radius 2 is 2.50 bits per heavy atom. The molecule has 0 spiro atoms. The molecule has 1 saturated heterocycles. The maximum Gasteiger partial charge on any atom is 0.190 e. The Bertz CT molecular complexity index is 358. The van der Waals surface area contributed by atoms with Crippen LogP contribution in [0.3, 0.4) is 0 Å². The molecular weight excluding hydrogens is 246 g/mol. The Balaban J connectivity index is 1.94. The number of ether oxygens (including phenoxy) is 1. The van der Waals surface area contributed by atoms with Gasteiger partial charge in [-0.05, 0) is 19.1 Å². The third-order valence-corrected chi connectivity index (χ3v) is 3.13. The average molecular weight is 260 g/mol. The second kappa shape index (κ2) is 5.70. The first-order valence-electron chi connectivity index (χ1n) is 5.22. The van der Waals surface area contributed by atoms with E-state index in [-0.39, 0.29) is 0 Å². The quantitative estimate of drug-likeness (QED) is 0.511. The highest BCUT2D eigenvalue weighted by molar-refractivity contribution is 7.98. The molecule has 1 aromatic heterocycles. The predicted molar refractivity (Wildman–Crippen MR) is 66.3 cm³/mol. The van der Waals surface area contributed by atoms with Crippen LogP contribution in [0, 0.1) is 0 Å². The summed E-state index contributed by atoms with van der Waals surface area (Å²) >= 11 is 7.37. The van der Waals surface area contributed by atoms with Crippen molar-refractivity contribution < 1.29 is 4.74 Å². The van der Waals surface area contributed by atoms with E-state index in [1.165, 1.54) is 11.8 Å². The lowest BCUT2D eigenvalue weighted by molar-refractivity contribution is 0.120. The van der Waals surface area contributed by atoms with Crippen LogP contribution in [0.1, 0.15) is 12.8 Å².